The number of imide groups is 1. The van der Waals surface area contributed by atoms with Gasteiger partial charge in [-0.25, -0.2) is 9.78 Å². The molecule has 2 aromatic heterocycles. The predicted molar refractivity (Wildman–Crippen MR) is 106 cm³/mol. The third-order valence-electron chi connectivity index (χ3n) is 5.06. The number of aryl methyl sites for hydroxylation is 1. The molecule has 0 bridgehead atoms. The summed E-state index contributed by atoms with van der Waals surface area (Å²) in [6.07, 6.45) is 3.73. The molecular formula is C21H21N5O3. The molecule has 1 saturated heterocycles. The number of amides is 4. The first-order chi connectivity index (χ1) is 13.9. The molecular weight excluding hydrogens is 370 g/mol. The van der Waals surface area contributed by atoms with Crippen molar-refractivity contribution in [2.45, 2.75) is 25.9 Å². The van der Waals surface area contributed by atoms with Crippen molar-refractivity contribution in [3.63, 3.8) is 0 Å². The zero-order valence-corrected chi connectivity index (χ0v) is 16.2. The monoisotopic (exact) mass is 391 g/mol. The SMILES string of the molecule is Cc1ccn2cc(CNC(=O)CN3C(=O)NC(C)(c4ccccc4)C3=O)nc2c1. The van der Waals surface area contributed by atoms with Crippen molar-refractivity contribution in [3.8, 4) is 0 Å². The van der Waals surface area contributed by atoms with Crippen LogP contribution in [0.5, 0.6) is 0 Å². The van der Waals surface area contributed by atoms with E-state index in [0.29, 0.717) is 11.3 Å². The second-order valence-electron chi connectivity index (χ2n) is 7.29. The second kappa shape index (κ2) is 7.05. The van der Waals surface area contributed by atoms with Crippen molar-refractivity contribution >= 4 is 23.5 Å². The lowest BCUT2D eigenvalue weighted by atomic mass is 9.92. The Kier molecular flexibility index (Phi) is 4.54. The highest BCUT2D eigenvalue weighted by Gasteiger charge is 2.49. The third-order valence-corrected chi connectivity index (χ3v) is 5.06. The van der Waals surface area contributed by atoms with E-state index in [0.717, 1.165) is 16.1 Å². The van der Waals surface area contributed by atoms with Crippen LogP contribution in [0.1, 0.15) is 23.7 Å². The van der Waals surface area contributed by atoms with Crippen LogP contribution in [0.2, 0.25) is 0 Å². The van der Waals surface area contributed by atoms with Crippen LogP contribution in [-0.4, -0.2) is 38.7 Å². The lowest BCUT2D eigenvalue weighted by Gasteiger charge is -2.22. The summed E-state index contributed by atoms with van der Waals surface area (Å²) in [4.78, 5) is 42.9. The molecule has 0 aliphatic carbocycles. The minimum atomic E-state index is -1.18. The standard InChI is InChI=1S/C21H21N5O3/c1-14-8-9-25-12-16(23-17(25)10-14)11-22-18(27)13-26-19(28)21(2,24-20(26)29)15-6-4-3-5-7-15/h3-10,12H,11,13H2,1-2H3,(H,22,27)(H,24,29). The molecule has 1 unspecified atom stereocenters. The fourth-order valence-electron chi connectivity index (χ4n) is 3.42. The van der Waals surface area contributed by atoms with E-state index in [9.17, 15) is 14.4 Å². The molecule has 2 N–H and O–H groups in total. The molecule has 4 amide bonds. The summed E-state index contributed by atoms with van der Waals surface area (Å²) >= 11 is 0. The van der Waals surface area contributed by atoms with E-state index in [1.165, 1.54) is 0 Å². The summed E-state index contributed by atoms with van der Waals surface area (Å²) in [7, 11) is 0. The number of nitrogens with one attached hydrogen (secondary N) is 2. The molecule has 1 aliphatic rings. The maximum Gasteiger partial charge on any atom is 0.325 e. The molecule has 1 fully saturated rings. The number of pyridine rings is 1. The molecule has 8 heteroatoms. The lowest BCUT2D eigenvalue weighted by Crippen LogP contribution is -2.43. The van der Waals surface area contributed by atoms with Crippen molar-refractivity contribution in [3.05, 3.63) is 71.7 Å². The quantitative estimate of drug-likeness (QED) is 0.648. The molecule has 8 nitrogen and oxygen atoms in total. The van der Waals surface area contributed by atoms with Crippen LogP contribution in [0.15, 0.2) is 54.9 Å². The minimum absolute atomic E-state index is 0.208. The highest BCUT2D eigenvalue weighted by molar-refractivity contribution is 6.09. The highest BCUT2D eigenvalue weighted by Crippen LogP contribution is 2.28. The lowest BCUT2D eigenvalue weighted by molar-refractivity contribution is -0.134. The smallest absolute Gasteiger partial charge is 0.325 e. The van der Waals surface area contributed by atoms with Gasteiger partial charge in [-0.05, 0) is 37.1 Å². The van der Waals surface area contributed by atoms with Gasteiger partial charge >= 0.3 is 6.03 Å². The van der Waals surface area contributed by atoms with Crippen LogP contribution in [0.4, 0.5) is 4.79 Å². The zero-order valence-electron chi connectivity index (χ0n) is 16.2. The first-order valence-corrected chi connectivity index (χ1v) is 9.27. The van der Waals surface area contributed by atoms with Gasteiger partial charge < -0.3 is 15.0 Å². The second-order valence-corrected chi connectivity index (χ2v) is 7.29. The van der Waals surface area contributed by atoms with Crippen molar-refractivity contribution in [1.29, 1.82) is 0 Å². The van der Waals surface area contributed by atoms with Gasteiger partial charge in [-0.15, -0.1) is 0 Å². The molecule has 3 heterocycles. The van der Waals surface area contributed by atoms with Crippen LogP contribution in [0.3, 0.4) is 0 Å². The van der Waals surface area contributed by atoms with E-state index in [1.54, 1.807) is 31.2 Å². The number of benzene rings is 1. The summed E-state index contributed by atoms with van der Waals surface area (Å²) in [6, 6.07) is 12.3. The average molecular weight is 391 g/mol. The molecule has 0 spiro atoms. The Morgan fingerprint density at radius 1 is 1.21 bits per heavy atom. The van der Waals surface area contributed by atoms with Crippen molar-refractivity contribution in [2.75, 3.05) is 6.54 Å². The Balaban J connectivity index is 1.41. The number of fused-ring (bicyclic) bond motifs is 1. The van der Waals surface area contributed by atoms with Gasteiger partial charge in [-0.2, -0.15) is 0 Å². The Morgan fingerprint density at radius 2 is 1.97 bits per heavy atom. The van der Waals surface area contributed by atoms with E-state index in [1.807, 2.05) is 41.9 Å². The Hall–Kier alpha value is -3.68. The fourth-order valence-corrected chi connectivity index (χ4v) is 3.42. The Morgan fingerprint density at radius 3 is 2.72 bits per heavy atom. The van der Waals surface area contributed by atoms with Crippen LogP contribution in [0, 0.1) is 6.92 Å². The number of hydrogen-bond acceptors (Lipinski definition) is 4. The van der Waals surface area contributed by atoms with Gasteiger partial charge in [0.2, 0.25) is 5.91 Å². The van der Waals surface area contributed by atoms with Gasteiger partial charge in [0.25, 0.3) is 5.91 Å². The van der Waals surface area contributed by atoms with E-state index >= 15 is 0 Å². The number of imidazole rings is 1. The summed E-state index contributed by atoms with van der Waals surface area (Å²) in [5.41, 5.74) is 2.06. The number of carbonyl (C=O) groups excluding carboxylic acids is 3. The molecule has 0 radical (unpaired) electrons. The fraction of sp³-hybridized carbons (Fsp3) is 0.238. The zero-order chi connectivity index (χ0) is 20.6. The highest BCUT2D eigenvalue weighted by atomic mass is 16.2. The van der Waals surface area contributed by atoms with Crippen molar-refractivity contribution in [1.82, 2.24) is 24.9 Å². The molecule has 1 aliphatic heterocycles. The van der Waals surface area contributed by atoms with Gasteiger partial charge in [-0.1, -0.05) is 30.3 Å². The molecule has 0 saturated carbocycles. The molecule has 1 atom stereocenters. The number of nitrogens with zero attached hydrogens (tertiary/aromatic N) is 3. The van der Waals surface area contributed by atoms with Crippen molar-refractivity contribution in [2.24, 2.45) is 0 Å². The maximum absolute atomic E-state index is 12.8. The number of urea groups is 1. The van der Waals surface area contributed by atoms with E-state index in [2.05, 4.69) is 15.6 Å². The van der Waals surface area contributed by atoms with Crippen LogP contribution >= 0.6 is 0 Å². The number of aromatic nitrogens is 2. The minimum Gasteiger partial charge on any atom is -0.349 e. The summed E-state index contributed by atoms with van der Waals surface area (Å²) < 4.78 is 1.87. The summed E-state index contributed by atoms with van der Waals surface area (Å²) in [5.74, 6) is -0.883. The molecule has 4 rings (SSSR count). The van der Waals surface area contributed by atoms with Gasteiger partial charge in [0.1, 0.15) is 17.7 Å². The van der Waals surface area contributed by atoms with E-state index < -0.39 is 23.4 Å². The van der Waals surface area contributed by atoms with Gasteiger partial charge in [-0.3, -0.25) is 14.5 Å². The van der Waals surface area contributed by atoms with E-state index in [4.69, 9.17) is 0 Å². The van der Waals surface area contributed by atoms with Crippen LogP contribution in [-0.2, 0) is 21.7 Å². The maximum atomic E-state index is 12.8. The average Bonchev–Trinajstić information content (AvgIpc) is 3.21. The molecule has 3 aromatic rings. The first-order valence-electron chi connectivity index (χ1n) is 9.27. The van der Waals surface area contributed by atoms with E-state index in [-0.39, 0.29) is 13.1 Å². The van der Waals surface area contributed by atoms with Gasteiger partial charge in [0.05, 0.1) is 12.2 Å². The first kappa shape index (κ1) is 18.7. The normalized spacial score (nSPS) is 18.9. The Bertz CT molecular complexity index is 1110. The molecule has 148 valence electrons. The number of hydrogen-bond donors (Lipinski definition) is 2. The molecule has 1 aromatic carbocycles. The van der Waals surface area contributed by atoms with Crippen molar-refractivity contribution < 1.29 is 14.4 Å². The topological polar surface area (TPSA) is 95.8 Å². The van der Waals surface area contributed by atoms with Crippen LogP contribution < -0.4 is 10.6 Å². The van der Waals surface area contributed by atoms with Gasteiger partial charge in [0, 0.05) is 12.4 Å². The predicted octanol–water partition coefficient (Wildman–Crippen LogP) is 1.73. The van der Waals surface area contributed by atoms with Crippen LogP contribution in [0.25, 0.3) is 5.65 Å². The third kappa shape index (κ3) is 3.44. The Labute approximate surface area is 167 Å². The summed E-state index contributed by atoms with van der Waals surface area (Å²) in [5, 5.41) is 5.41. The number of carbonyl (C=O) groups is 3. The molecule has 29 heavy (non-hydrogen) atoms. The number of rotatable bonds is 5. The summed E-state index contributed by atoms with van der Waals surface area (Å²) in [6.45, 7) is 3.48. The largest absolute Gasteiger partial charge is 0.349 e. The van der Waals surface area contributed by atoms with Gasteiger partial charge in [0.15, 0.2) is 0 Å².